The standard InChI is InChI=1S/C19H20N4O/c1-13-7-8-17-15(9-13)11-20-18-16(12-22-23(17)18)19(24)21-10-14-5-3-2-4-6-14/h2-6,11-13H,7-10H2,1H3,(H,21,24)/t13-/m0/s1. The van der Waals surface area contributed by atoms with E-state index < -0.39 is 0 Å². The maximum atomic E-state index is 12.5. The maximum absolute atomic E-state index is 12.5. The highest BCUT2D eigenvalue weighted by atomic mass is 16.1. The predicted octanol–water partition coefficient (Wildman–Crippen LogP) is 2.78. The van der Waals surface area contributed by atoms with Crippen LogP contribution in [0.25, 0.3) is 5.65 Å². The molecule has 2 aromatic heterocycles. The van der Waals surface area contributed by atoms with Crippen LogP contribution in [0, 0.1) is 5.92 Å². The minimum absolute atomic E-state index is 0.134. The first-order valence-electron chi connectivity index (χ1n) is 8.39. The molecule has 0 aliphatic heterocycles. The summed E-state index contributed by atoms with van der Waals surface area (Å²) in [7, 11) is 0. The number of carbonyl (C=O) groups excluding carboxylic acids is 1. The SMILES string of the molecule is C[C@H]1CCc2c(cnc3c(C(=O)NCc4ccccc4)cnn23)C1. The van der Waals surface area contributed by atoms with Gasteiger partial charge in [-0.1, -0.05) is 37.3 Å². The van der Waals surface area contributed by atoms with Gasteiger partial charge >= 0.3 is 0 Å². The van der Waals surface area contributed by atoms with Gasteiger partial charge in [0.1, 0.15) is 5.56 Å². The van der Waals surface area contributed by atoms with E-state index in [4.69, 9.17) is 0 Å². The number of hydrogen-bond donors (Lipinski definition) is 1. The molecule has 0 radical (unpaired) electrons. The van der Waals surface area contributed by atoms with Crippen molar-refractivity contribution in [3.05, 3.63) is 65.1 Å². The van der Waals surface area contributed by atoms with E-state index in [1.807, 2.05) is 41.0 Å². The van der Waals surface area contributed by atoms with Gasteiger partial charge in [0, 0.05) is 18.4 Å². The summed E-state index contributed by atoms with van der Waals surface area (Å²) >= 11 is 0. The Kier molecular flexibility index (Phi) is 3.76. The monoisotopic (exact) mass is 320 g/mol. The molecule has 1 aliphatic carbocycles. The smallest absolute Gasteiger partial charge is 0.257 e. The van der Waals surface area contributed by atoms with Crippen molar-refractivity contribution in [3.63, 3.8) is 0 Å². The summed E-state index contributed by atoms with van der Waals surface area (Å²) in [5.41, 5.74) is 4.70. The molecule has 0 spiro atoms. The molecule has 1 amide bonds. The molecule has 1 atom stereocenters. The van der Waals surface area contributed by atoms with Gasteiger partial charge in [0.25, 0.3) is 5.91 Å². The van der Waals surface area contributed by atoms with Crippen molar-refractivity contribution in [1.29, 1.82) is 0 Å². The van der Waals surface area contributed by atoms with Gasteiger partial charge in [0.05, 0.1) is 6.20 Å². The number of hydrogen-bond acceptors (Lipinski definition) is 3. The topological polar surface area (TPSA) is 59.3 Å². The number of carbonyl (C=O) groups is 1. The van der Waals surface area contributed by atoms with E-state index in [-0.39, 0.29) is 5.91 Å². The first-order valence-corrected chi connectivity index (χ1v) is 8.39. The fourth-order valence-electron chi connectivity index (χ4n) is 3.34. The summed E-state index contributed by atoms with van der Waals surface area (Å²) in [5.74, 6) is 0.548. The van der Waals surface area contributed by atoms with E-state index in [0.717, 1.165) is 24.8 Å². The van der Waals surface area contributed by atoms with Gasteiger partial charge in [-0.25, -0.2) is 9.50 Å². The molecule has 5 nitrogen and oxygen atoms in total. The molecule has 1 aromatic carbocycles. The van der Waals surface area contributed by atoms with E-state index in [9.17, 15) is 4.79 Å². The summed E-state index contributed by atoms with van der Waals surface area (Å²) in [4.78, 5) is 17.0. The average molecular weight is 320 g/mol. The lowest BCUT2D eigenvalue weighted by atomic mass is 9.89. The lowest BCUT2D eigenvalue weighted by Crippen LogP contribution is -2.23. The number of aryl methyl sites for hydroxylation is 1. The third-order valence-electron chi connectivity index (χ3n) is 4.70. The third kappa shape index (κ3) is 2.66. The molecule has 1 aliphatic rings. The van der Waals surface area contributed by atoms with Crippen LogP contribution < -0.4 is 5.32 Å². The van der Waals surface area contributed by atoms with Crippen LogP contribution in [0.1, 0.15) is 40.5 Å². The van der Waals surface area contributed by atoms with Crippen molar-refractivity contribution in [2.24, 2.45) is 5.92 Å². The molecule has 1 N–H and O–H groups in total. The molecule has 3 aromatic rings. The Labute approximate surface area is 140 Å². The molecule has 0 fully saturated rings. The zero-order chi connectivity index (χ0) is 16.5. The lowest BCUT2D eigenvalue weighted by Gasteiger charge is -2.21. The van der Waals surface area contributed by atoms with Crippen LogP contribution in [0.4, 0.5) is 0 Å². The Balaban J connectivity index is 1.60. The van der Waals surface area contributed by atoms with Crippen LogP contribution in [0.2, 0.25) is 0 Å². The Morgan fingerprint density at radius 3 is 2.96 bits per heavy atom. The van der Waals surface area contributed by atoms with Crippen molar-refractivity contribution < 1.29 is 4.79 Å². The molecule has 24 heavy (non-hydrogen) atoms. The summed E-state index contributed by atoms with van der Waals surface area (Å²) in [6.45, 7) is 2.76. The van der Waals surface area contributed by atoms with Gasteiger partial charge in [-0.15, -0.1) is 0 Å². The van der Waals surface area contributed by atoms with E-state index in [1.54, 1.807) is 6.20 Å². The molecule has 0 unspecified atom stereocenters. The van der Waals surface area contributed by atoms with Gasteiger partial charge in [-0.05, 0) is 36.3 Å². The highest BCUT2D eigenvalue weighted by Gasteiger charge is 2.21. The number of benzene rings is 1. The summed E-state index contributed by atoms with van der Waals surface area (Å²) in [6, 6.07) is 9.88. The number of amides is 1. The van der Waals surface area contributed by atoms with Crippen molar-refractivity contribution in [2.75, 3.05) is 0 Å². The molecular weight excluding hydrogens is 300 g/mol. The zero-order valence-corrected chi connectivity index (χ0v) is 13.7. The predicted molar refractivity (Wildman–Crippen MR) is 91.8 cm³/mol. The quantitative estimate of drug-likeness (QED) is 0.807. The first kappa shape index (κ1) is 14.9. The lowest BCUT2D eigenvalue weighted by molar-refractivity contribution is 0.0952. The first-order chi connectivity index (χ1) is 11.7. The fraction of sp³-hybridized carbons (Fsp3) is 0.316. The molecule has 0 bridgehead atoms. The molecule has 0 saturated heterocycles. The second kappa shape index (κ2) is 6.07. The summed E-state index contributed by atoms with van der Waals surface area (Å²) in [6.07, 6.45) is 6.72. The summed E-state index contributed by atoms with van der Waals surface area (Å²) in [5, 5.41) is 7.37. The number of fused-ring (bicyclic) bond motifs is 3. The van der Waals surface area contributed by atoms with Crippen LogP contribution in [0.5, 0.6) is 0 Å². The number of rotatable bonds is 3. The molecular formula is C19H20N4O. The maximum Gasteiger partial charge on any atom is 0.257 e. The van der Waals surface area contributed by atoms with E-state index in [2.05, 4.69) is 22.3 Å². The minimum Gasteiger partial charge on any atom is -0.348 e. The fourth-order valence-corrected chi connectivity index (χ4v) is 3.34. The van der Waals surface area contributed by atoms with Gasteiger partial charge in [-0.2, -0.15) is 5.10 Å². The van der Waals surface area contributed by atoms with Gasteiger partial charge in [-0.3, -0.25) is 4.79 Å². The largest absolute Gasteiger partial charge is 0.348 e. The van der Waals surface area contributed by atoms with Crippen molar-refractivity contribution in [3.8, 4) is 0 Å². The molecule has 2 heterocycles. The van der Waals surface area contributed by atoms with Crippen molar-refractivity contribution in [1.82, 2.24) is 19.9 Å². The average Bonchev–Trinajstić information content (AvgIpc) is 3.04. The van der Waals surface area contributed by atoms with Gasteiger partial charge in [0.2, 0.25) is 0 Å². The van der Waals surface area contributed by atoms with Crippen LogP contribution in [0.15, 0.2) is 42.7 Å². The second-order valence-corrected chi connectivity index (χ2v) is 6.54. The normalized spacial score (nSPS) is 16.8. The molecule has 122 valence electrons. The number of aromatic nitrogens is 3. The van der Waals surface area contributed by atoms with E-state index >= 15 is 0 Å². The Bertz CT molecular complexity index is 885. The van der Waals surface area contributed by atoms with Gasteiger partial charge < -0.3 is 5.32 Å². The van der Waals surface area contributed by atoms with Crippen LogP contribution in [-0.4, -0.2) is 20.5 Å². The Morgan fingerprint density at radius 1 is 1.29 bits per heavy atom. The number of nitrogens with one attached hydrogen (secondary N) is 1. The highest BCUT2D eigenvalue weighted by molar-refractivity contribution is 5.99. The Hall–Kier alpha value is -2.69. The Morgan fingerprint density at radius 2 is 2.12 bits per heavy atom. The second-order valence-electron chi connectivity index (χ2n) is 6.54. The molecule has 5 heteroatoms. The van der Waals surface area contributed by atoms with Gasteiger partial charge in [0.15, 0.2) is 5.65 Å². The van der Waals surface area contributed by atoms with Crippen LogP contribution >= 0.6 is 0 Å². The molecule has 4 rings (SSSR count). The summed E-state index contributed by atoms with van der Waals surface area (Å²) < 4.78 is 1.85. The van der Waals surface area contributed by atoms with E-state index in [1.165, 1.54) is 11.3 Å². The van der Waals surface area contributed by atoms with Crippen LogP contribution in [-0.2, 0) is 19.4 Å². The van der Waals surface area contributed by atoms with Crippen molar-refractivity contribution in [2.45, 2.75) is 32.7 Å². The highest BCUT2D eigenvalue weighted by Crippen LogP contribution is 2.25. The number of nitrogens with zero attached hydrogens (tertiary/aromatic N) is 3. The third-order valence-corrected chi connectivity index (χ3v) is 4.70. The van der Waals surface area contributed by atoms with E-state index in [0.29, 0.717) is 23.7 Å². The minimum atomic E-state index is -0.134. The van der Waals surface area contributed by atoms with Crippen molar-refractivity contribution >= 4 is 11.6 Å². The zero-order valence-electron chi connectivity index (χ0n) is 13.7. The van der Waals surface area contributed by atoms with Crippen LogP contribution in [0.3, 0.4) is 0 Å². The molecule has 0 saturated carbocycles.